The number of hydrogen-bond acceptors (Lipinski definition) is 6. The summed E-state index contributed by atoms with van der Waals surface area (Å²) < 4.78 is 1.66. The highest BCUT2D eigenvalue weighted by atomic mass is 32.1. The van der Waals surface area contributed by atoms with Crippen molar-refractivity contribution >= 4 is 40.0 Å². The number of carbonyl (C=O) groups is 2. The Balaban J connectivity index is 1.27. The molecule has 0 radical (unpaired) electrons. The minimum atomic E-state index is -0.916. The molecule has 3 aromatic heterocycles. The normalized spacial score (nSPS) is 19.8. The third-order valence-corrected chi connectivity index (χ3v) is 9.85. The van der Waals surface area contributed by atoms with E-state index in [1.165, 1.54) is 29.8 Å². The van der Waals surface area contributed by atoms with Gasteiger partial charge in [0.05, 0.1) is 12.1 Å². The quantitative estimate of drug-likeness (QED) is 0.225. The van der Waals surface area contributed by atoms with E-state index < -0.39 is 5.97 Å². The number of nitrogens with one attached hydrogen (secondary N) is 1. The standard InChI is InChI=1S/C33H36N4O4S/c1-21-5-7-22(8-6-21)26-13-15-36(16-17-38)20-28(26)27-19-30(42-31(27)33(40)41)23-9-11-24(12-10-23)34-32(39)29-18-25-4-2-3-14-37(25)35-29/h2-4,9-12,14,18-19,21-22,38H,5-8,13,15-17,20H2,1H3,(H,34,39)(H,40,41). The van der Waals surface area contributed by atoms with Crippen molar-refractivity contribution in [1.82, 2.24) is 14.5 Å². The van der Waals surface area contributed by atoms with Crippen LogP contribution in [0.4, 0.5) is 5.69 Å². The van der Waals surface area contributed by atoms with Crippen LogP contribution in [0.15, 0.2) is 66.4 Å². The highest BCUT2D eigenvalue weighted by molar-refractivity contribution is 7.17. The molecule has 1 amide bonds. The molecule has 218 valence electrons. The maximum absolute atomic E-state index is 12.8. The number of amides is 1. The molecule has 8 nitrogen and oxygen atoms in total. The lowest BCUT2D eigenvalue weighted by Crippen LogP contribution is -2.35. The van der Waals surface area contributed by atoms with Gasteiger partial charge in [-0.2, -0.15) is 5.10 Å². The van der Waals surface area contributed by atoms with Gasteiger partial charge in [0, 0.05) is 42.0 Å². The zero-order chi connectivity index (χ0) is 29.2. The van der Waals surface area contributed by atoms with E-state index in [0.29, 0.717) is 35.3 Å². The average Bonchev–Trinajstić information content (AvgIpc) is 3.64. The fourth-order valence-corrected chi connectivity index (χ4v) is 7.39. The molecular weight excluding hydrogens is 548 g/mol. The van der Waals surface area contributed by atoms with Gasteiger partial charge in [-0.15, -0.1) is 11.3 Å². The molecular formula is C33H36N4O4S. The summed E-state index contributed by atoms with van der Waals surface area (Å²) >= 11 is 1.30. The van der Waals surface area contributed by atoms with E-state index in [1.54, 1.807) is 16.8 Å². The third-order valence-electron chi connectivity index (χ3n) is 8.67. The number of nitrogens with zero attached hydrogens (tertiary/aromatic N) is 3. The van der Waals surface area contributed by atoms with Gasteiger partial charge in [0.15, 0.2) is 5.69 Å². The summed E-state index contributed by atoms with van der Waals surface area (Å²) in [4.78, 5) is 28.8. The number of thiophene rings is 1. The number of benzene rings is 1. The average molecular weight is 585 g/mol. The lowest BCUT2D eigenvalue weighted by atomic mass is 9.75. The number of carboxylic acids is 1. The van der Waals surface area contributed by atoms with Gasteiger partial charge >= 0.3 is 5.97 Å². The van der Waals surface area contributed by atoms with Gasteiger partial charge in [0.2, 0.25) is 0 Å². The van der Waals surface area contributed by atoms with E-state index in [0.717, 1.165) is 58.8 Å². The van der Waals surface area contributed by atoms with Crippen LogP contribution in [0.3, 0.4) is 0 Å². The van der Waals surface area contributed by atoms with Crippen molar-refractivity contribution in [3.8, 4) is 10.4 Å². The number of fused-ring (bicyclic) bond motifs is 1. The number of carbonyl (C=O) groups excluding carboxylic acids is 1. The molecule has 4 aromatic rings. The summed E-state index contributed by atoms with van der Waals surface area (Å²) in [7, 11) is 0. The van der Waals surface area contributed by atoms with Gasteiger partial charge in [0.1, 0.15) is 4.88 Å². The molecule has 0 atom stereocenters. The molecule has 0 spiro atoms. The lowest BCUT2D eigenvalue weighted by molar-refractivity contribution is 0.0701. The summed E-state index contributed by atoms with van der Waals surface area (Å²) in [6.07, 6.45) is 7.45. The van der Waals surface area contributed by atoms with Gasteiger partial charge in [-0.1, -0.05) is 43.5 Å². The zero-order valence-electron chi connectivity index (χ0n) is 23.8. The SMILES string of the molecule is CC1CCC(C2=C(c3cc(-c4ccc(NC(=O)c5cc6ccccn6n5)cc4)sc3C(=O)O)CN(CCO)CC2)CC1. The van der Waals surface area contributed by atoms with Crippen molar-refractivity contribution in [2.45, 2.75) is 39.0 Å². The number of carboxylic acid groups (broad SMARTS) is 1. The van der Waals surface area contributed by atoms with Crippen LogP contribution in [-0.2, 0) is 0 Å². The Bertz CT molecular complexity index is 1600. The number of aromatic nitrogens is 2. The van der Waals surface area contributed by atoms with Crippen molar-refractivity contribution in [2.24, 2.45) is 11.8 Å². The Morgan fingerprint density at radius 3 is 2.57 bits per heavy atom. The van der Waals surface area contributed by atoms with Gasteiger partial charge in [-0.05, 0) is 78.6 Å². The monoisotopic (exact) mass is 584 g/mol. The van der Waals surface area contributed by atoms with E-state index in [9.17, 15) is 19.8 Å². The largest absolute Gasteiger partial charge is 0.477 e. The molecule has 4 heterocycles. The van der Waals surface area contributed by atoms with Crippen LogP contribution in [-0.4, -0.2) is 62.8 Å². The van der Waals surface area contributed by atoms with Crippen LogP contribution in [0.2, 0.25) is 0 Å². The zero-order valence-corrected chi connectivity index (χ0v) is 24.6. The third kappa shape index (κ3) is 5.90. The van der Waals surface area contributed by atoms with E-state index in [2.05, 4.69) is 22.2 Å². The highest BCUT2D eigenvalue weighted by Gasteiger charge is 2.31. The van der Waals surface area contributed by atoms with Crippen LogP contribution in [0.5, 0.6) is 0 Å². The smallest absolute Gasteiger partial charge is 0.346 e. The molecule has 2 aliphatic rings. The topological polar surface area (TPSA) is 107 Å². The highest BCUT2D eigenvalue weighted by Crippen LogP contribution is 2.43. The van der Waals surface area contributed by atoms with Gasteiger partial charge in [0.25, 0.3) is 5.91 Å². The first-order valence-electron chi connectivity index (χ1n) is 14.7. The molecule has 0 bridgehead atoms. The van der Waals surface area contributed by atoms with Gasteiger partial charge in [-0.3, -0.25) is 9.69 Å². The van der Waals surface area contributed by atoms with E-state index >= 15 is 0 Å². The van der Waals surface area contributed by atoms with E-state index in [-0.39, 0.29) is 12.5 Å². The fourth-order valence-electron chi connectivity index (χ4n) is 6.36. The molecule has 1 aliphatic heterocycles. The maximum Gasteiger partial charge on any atom is 0.346 e. The Hall–Kier alpha value is -3.79. The van der Waals surface area contributed by atoms with Crippen LogP contribution >= 0.6 is 11.3 Å². The Morgan fingerprint density at radius 1 is 1.07 bits per heavy atom. The first-order chi connectivity index (χ1) is 20.4. The predicted molar refractivity (Wildman–Crippen MR) is 166 cm³/mol. The number of anilines is 1. The van der Waals surface area contributed by atoms with Crippen LogP contribution < -0.4 is 5.32 Å². The molecule has 1 fully saturated rings. The number of aliphatic hydroxyl groups is 1. The molecule has 6 rings (SSSR count). The van der Waals surface area contributed by atoms with Crippen molar-refractivity contribution in [2.75, 3.05) is 31.6 Å². The number of β-amino-alcohol motifs (C(OH)–C–C–N with tert-alkyl or cyclic N) is 1. The second-order valence-electron chi connectivity index (χ2n) is 11.5. The first-order valence-corrected chi connectivity index (χ1v) is 15.5. The van der Waals surface area contributed by atoms with Crippen molar-refractivity contribution in [3.05, 3.63) is 82.5 Å². The van der Waals surface area contributed by atoms with Crippen molar-refractivity contribution < 1.29 is 19.8 Å². The summed E-state index contributed by atoms with van der Waals surface area (Å²) in [6, 6.07) is 16.9. The summed E-state index contributed by atoms with van der Waals surface area (Å²) in [5, 5.41) is 27.1. The van der Waals surface area contributed by atoms with E-state index in [1.807, 2.05) is 48.5 Å². The molecule has 0 unspecified atom stereocenters. The number of hydrogen-bond donors (Lipinski definition) is 3. The number of rotatable bonds is 8. The summed E-state index contributed by atoms with van der Waals surface area (Å²) in [5.74, 6) is 0.0305. The maximum atomic E-state index is 12.8. The number of aliphatic hydroxyl groups excluding tert-OH is 1. The molecule has 9 heteroatoms. The minimum Gasteiger partial charge on any atom is -0.477 e. The molecule has 1 aromatic carbocycles. The Labute approximate surface area is 249 Å². The minimum absolute atomic E-state index is 0.0876. The van der Waals surface area contributed by atoms with Crippen molar-refractivity contribution in [3.63, 3.8) is 0 Å². The van der Waals surface area contributed by atoms with E-state index in [4.69, 9.17) is 0 Å². The lowest BCUT2D eigenvalue weighted by Gasteiger charge is -2.36. The molecule has 42 heavy (non-hydrogen) atoms. The van der Waals surface area contributed by atoms with Crippen LogP contribution in [0.1, 0.15) is 64.8 Å². The Morgan fingerprint density at radius 2 is 1.86 bits per heavy atom. The fraction of sp³-hybridized carbons (Fsp3) is 0.364. The molecule has 3 N–H and O–H groups in total. The molecule has 1 aliphatic carbocycles. The van der Waals surface area contributed by atoms with Crippen molar-refractivity contribution in [1.29, 1.82) is 0 Å². The Kier molecular flexibility index (Phi) is 8.24. The van der Waals surface area contributed by atoms with Crippen LogP contribution in [0.25, 0.3) is 21.5 Å². The van der Waals surface area contributed by atoms with Crippen LogP contribution in [0, 0.1) is 11.8 Å². The predicted octanol–water partition coefficient (Wildman–Crippen LogP) is 6.29. The number of aromatic carboxylic acids is 1. The molecule has 1 saturated carbocycles. The van der Waals surface area contributed by atoms with Gasteiger partial charge in [-0.25, -0.2) is 9.31 Å². The first kappa shape index (κ1) is 28.3. The summed E-state index contributed by atoms with van der Waals surface area (Å²) in [6.45, 7) is 4.54. The second-order valence-corrected chi connectivity index (χ2v) is 12.6. The molecule has 0 saturated heterocycles. The second kappa shape index (κ2) is 12.2. The van der Waals surface area contributed by atoms with Gasteiger partial charge < -0.3 is 15.5 Å². The summed E-state index contributed by atoms with van der Waals surface area (Å²) in [5.41, 5.74) is 6.06. The number of pyridine rings is 1.